The zero-order valence-corrected chi connectivity index (χ0v) is 10.0. The first kappa shape index (κ1) is 12.1. The Balaban J connectivity index is 2.08. The standard InChI is InChI=1S/C14H16N4/c15-14(12-6-8-13(18-16)9-7-12)17-10-11-4-2-1-3-5-11/h1-9,18H,10,16H2,(H2,15,17). The molecule has 0 unspecified atom stereocenters. The largest absolute Gasteiger partial charge is 0.383 e. The van der Waals surface area contributed by atoms with E-state index in [4.69, 9.17) is 11.6 Å². The molecule has 4 heteroatoms. The van der Waals surface area contributed by atoms with Crippen LogP contribution >= 0.6 is 0 Å². The van der Waals surface area contributed by atoms with Gasteiger partial charge < -0.3 is 11.2 Å². The lowest BCUT2D eigenvalue weighted by atomic mass is 10.2. The number of benzene rings is 2. The van der Waals surface area contributed by atoms with Crippen LogP contribution in [0.3, 0.4) is 0 Å². The fourth-order valence-electron chi connectivity index (χ4n) is 1.59. The van der Waals surface area contributed by atoms with Crippen LogP contribution in [0, 0.1) is 0 Å². The smallest absolute Gasteiger partial charge is 0.125 e. The molecule has 18 heavy (non-hydrogen) atoms. The Kier molecular flexibility index (Phi) is 3.94. The van der Waals surface area contributed by atoms with Crippen molar-refractivity contribution in [2.75, 3.05) is 5.43 Å². The maximum Gasteiger partial charge on any atom is 0.125 e. The summed E-state index contributed by atoms with van der Waals surface area (Å²) >= 11 is 0. The molecule has 0 spiro atoms. The normalized spacial score (nSPS) is 11.3. The number of rotatable bonds is 4. The summed E-state index contributed by atoms with van der Waals surface area (Å²) in [5.41, 5.74) is 11.4. The summed E-state index contributed by atoms with van der Waals surface area (Å²) in [4.78, 5) is 4.36. The fraction of sp³-hybridized carbons (Fsp3) is 0.0714. The monoisotopic (exact) mass is 240 g/mol. The molecule has 0 radical (unpaired) electrons. The summed E-state index contributed by atoms with van der Waals surface area (Å²) in [6.45, 7) is 0.587. The highest BCUT2D eigenvalue weighted by atomic mass is 15.2. The van der Waals surface area contributed by atoms with E-state index in [1.54, 1.807) is 0 Å². The van der Waals surface area contributed by atoms with Gasteiger partial charge in [-0.3, -0.25) is 10.8 Å². The minimum absolute atomic E-state index is 0.530. The van der Waals surface area contributed by atoms with Crippen molar-refractivity contribution < 1.29 is 0 Å². The third-order valence-corrected chi connectivity index (χ3v) is 2.62. The molecule has 2 aromatic carbocycles. The maximum atomic E-state index is 5.93. The van der Waals surface area contributed by atoms with E-state index in [0.717, 1.165) is 16.8 Å². The summed E-state index contributed by atoms with van der Waals surface area (Å²) in [5, 5.41) is 0. The lowest BCUT2D eigenvalue weighted by molar-refractivity contribution is 1.06. The molecule has 0 fully saturated rings. The van der Waals surface area contributed by atoms with Gasteiger partial charge in [0.1, 0.15) is 5.84 Å². The summed E-state index contributed by atoms with van der Waals surface area (Å²) in [6, 6.07) is 17.5. The Morgan fingerprint density at radius 1 is 1.00 bits per heavy atom. The van der Waals surface area contributed by atoms with Gasteiger partial charge >= 0.3 is 0 Å². The summed E-state index contributed by atoms with van der Waals surface area (Å²) in [7, 11) is 0. The number of nitrogens with two attached hydrogens (primary N) is 2. The van der Waals surface area contributed by atoms with E-state index in [2.05, 4.69) is 10.4 Å². The zero-order chi connectivity index (χ0) is 12.8. The number of nitrogens with zero attached hydrogens (tertiary/aromatic N) is 1. The van der Waals surface area contributed by atoms with E-state index in [0.29, 0.717) is 12.4 Å². The van der Waals surface area contributed by atoms with Crippen molar-refractivity contribution in [1.82, 2.24) is 0 Å². The van der Waals surface area contributed by atoms with Crippen LogP contribution in [0.1, 0.15) is 11.1 Å². The van der Waals surface area contributed by atoms with Crippen molar-refractivity contribution in [3.05, 3.63) is 65.7 Å². The van der Waals surface area contributed by atoms with Crippen molar-refractivity contribution in [3.63, 3.8) is 0 Å². The summed E-state index contributed by atoms with van der Waals surface area (Å²) < 4.78 is 0. The molecule has 0 atom stereocenters. The quantitative estimate of drug-likeness (QED) is 0.330. The Morgan fingerprint density at radius 2 is 1.67 bits per heavy atom. The zero-order valence-electron chi connectivity index (χ0n) is 10.0. The number of hydrogen-bond donors (Lipinski definition) is 3. The first-order valence-electron chi connectivity index (χ1n) is 5.70. The maximum absolute atomic E-state index is 5.93. The van der Waals surface area contributed by atoms with E-state index >= 15 is 0 Å². The lowest BCUT2D eigenvalue weighted by Crippen LogP contribution is -2.14. The number of amidine groups is 1. The molecule has 0 heterocycles. The van der Waals surface area contributed by atoms with Crippen LogP contribution in [0.15, 0.2) is 59.6 Å². The van der Waals surface area contributed by atoms with Crippen molar-refractivity contribution in [3.8, 4) is 0 Å². The van der Waals surface area contributed by atoms with E-state index in [1.165, 1.54) is 0 Å². The molecule has 0 amide bonds. The molecular weight excluding hydrogens is 224 g/mol. The van der Waals surface area contributed by atoms with Crippen LogP contribution in [0.2, 0.25) is 0 Å². The summed E-state index contributed by atoms with van der Waals surface area (Å²) in [6.07, 6.45) is 0. The van der Waals surface area contributed by atoms with E-state index in [9.17, 15) is 0 Å². The topological polar surface area (TPSA) is 76.4 Å². The first-order valence-corrected chi connectivity index (χ1v) is 5.70. The Hall–Kier alpha value is -2.33. The molecule has 5 N–H and O–H groups in total. The molecule has 4 nitrogen and oxygen atoms in total. The molecule has 0 bridgehead atoms. The van der Waals surface area contributed by atoms with Gasteiger partial charge in [0, 0.05) is 11.3 Å². The molecule has 0 saturated heterocycles. The second-order valence-corrected chi connectivity index (χ2v) is 3.91. The Labute approximate surface area is 106 Å². The number of aliphatic imine (C=N–C) groups is 1. The van der Waals surface area contributed by atoms with Gasteiger partial charge in [0.25, 0.3) is 0 Å². The number of nitrogen functional groups attached to an aromatic ring is 1. The number of hydrazine groups is 1. The van der Waals surface area contributed by atoms with Crippen molar-refractivity contribution in [1.29, 1.82) is 0 Å². The molecule has 0 aliphatic rings. The average Bonchev–Trinajstić information content (AvgIpc) is 2.46. The third-order valence-electron chi connectivity index (χ3n) is 2.62. The second-order valence-electron chi connectivity index (χ2n) is 3.91. The third kappa shape index (κ3) is 3.09. The van der Waals surface area contributed by atoms with Gasteiger partial charge in [-0.05, 0) is 29.8 Å². The van der Waals surface area contributed by atoms with E-state index in [1.807, 2.05) is 54.6 Å². The van der Waals surface area contributed by atoms with Gasteiger partial charge in [-0.1, -0.05) is 30.3 Å². The predicted molar refractivity (Wildman–Crippen MR) is 75.1 cm³/mol. The van der Waals surface area contributed by atoms with Crippen LogP contribution in [0.5, 0.6) is 0 Å². The van der Waals surface area contributed by atoms with Crippen LogP contribution in [-0.4, -0.2) is 5.84 Å². The first-order chi connectivity index (χ1) is 8.79. The minimum atomic E-state index is 0.530. The van der Waals surface area contributed by atoms with Gasteiger partial charge in [0.05, 0.1) is 6.54 Å². The molecule has 0 aromatic heterocycles. The highest BCUT2D eigenvalue weighted by Crippen LogP contribution is 2.08. The molecule has 2 rings (SSSR count). The van der Waals surface area contributed by atoms with Crippen LogP contribution in [-0.2, 0) is 6.54 Å². The van der Waals surface area contributed by atoms with Gasteiger partial charge in [0.2, 0.25) is 0 Å². The predicted octanol–water partition coefficient (Wildman–Crippen LogP) is 1.88. The number of anilines is 1. The highest BCUT2D eigenvalue weighted by Gasteiger charge is 1.98. The van der Waals surface area contributed by atoms with Crippen molar-refractivity contribution >= 4 is 11.5 Å². The SMILES string of the molecule is NNc1ccc(C(N)=NCc2ccccc2)cc1. The Morgan fingerprint density at radius 3 is 2.28 bits per heavy atom. The fourth-order valence-corrected chi connectivity index (χ4v) is 1.59. The van der Waals surface area contributed by atoms with Gasteiger partial charge in [0.15, 0.2) is 0 Å². The molecule has 0 aliphatic heterocycles. The number of hydrogen-bond acceptors (Lipinski definition) is 3. The molecule has 0 aliphatic carbocycles. The Bertz CT molecular complexity index is 517. The van der Waals surface area contributed by atoms with E-state index in [-0.39, 0.29) is 0 Å². The molecular formula is C14H16N4. The van der Waals surface area contributed by atoms with Crippen molar-refractivity contribution in [2.24, 2.45) is 16.6 Å². The number of nitrogens with one attached hydrogen (secondary N) is 1. The van der Waals surface area contributed by atoms with Crippen LogP contribution in [0.4, 0.5) is 5.69 Å². The molecule has 92 valence electrons. The van der Waals surface area contributed by atoms with Crippen LogP contribution < -0.4 is 17.0 Å². The van der Waals surface area contributed by atoms with Gasteiger partial charge in [-0.2, -0.15) is 0 Å². The minimum Gasteiger partial charge on any atom is -0.383 e. The van der Waals surface area contributed by atoms with Crippen molar-refractivity contribution in [2.45, 2.75) is 6.54 Å². The lowest BCUT2D eigenvalue weighted by Gasteiger charge is -2.03. The molecule has 2 aromatic rings. The highest BCUT2D eigenvalue weighted by molar-refractivity contribution is 5.97. The average molecular weight is 240 g/mol. The van der Waals surface area contributed by atoms with Gasteiger partial charge in [-0.25, -0.2) is 0 Å². The van der Waals surface area contributed by atoms with Gasteiger partial charge in [-0.15, -0.1) is 0 Å². The van der Waals surface area contributed by atoms with Crippen LogP contribution in [0.25, 0.3) is 0 Å². The molecule has 0 saturated carbocycles. The second kappa shape index (κ2) is 5.84. The summed E-state index contributed by atoms with van der Waals surface area (Å²) in [5.74, 6) is 5.83. The van der Waals surface area contributed by atoms with E-state index < -0.39 is 0 Å².